The maximum absolute atomic E-state index is 13.7. The third-order valence-electron chi connectivity index (χ3n) is 6.38. The summed E-state index contributed by atoms with van der Waals surface area (Å²) in [5.41, 5.74) is 1.14. The summed E-state index contributed by atoms with van der Waals surface area (Å²) < 4.78 is 40.1. The Morgan fingerprint density at radius 2 is 1.56 bits per heavy atom. The predicted molar refractivity (Wildman–Crippen MR) is 158 cm³/mol. The lowest BCUT2D eigenvalue weighted by Crippen LogP contribution is -2.37. The van der Waals surface area contributed by atoms with E-state index in [4.69, 9.17) is 14.5 Å². The van der Waals surface area contributed by atoms with Crippen LogP contribution < -0.4 is 14.4 Å². The highest BCUT2D eigenvalue weighted by molar-refractivity contribution is 7.89. The molecule has 2 heterocycles. The van der Waals surface area contributed by atoms with Gasteiger partial charge in [0.2, 0.25) is 16.8 Å². The van der Waals surface area contributed by atoms with Gasteiger partial charge in [0.05, 0.1) is 15.1 Å². The lowest BCUT2D eigenvalue weighted by Gasteiger charge is -2.23. The van der Waals surface area contributed by atoms with Gasteiger partial charge in [0.1, 0.15) is 0 Å². The standard InChI is InChI=1S/C27H36N4O5S2.ClH/c1-5-7-13-30(14-8-6-2)38(33,34)21-11-9-20(10-12-21)26(32)31(16-15-29(3)4)27-28-22-17-23-24(36-19-35-23)18-25(22)37-27;/h9-12,17-18H,5-8,13-16,19H2,1-4H3;1H. The molecule has 0 aliphatic carbocycles. The number of sulfonamides is 1. The lowest BCUT2D eigenvalue weighted by atomic mass is 10.2. The zero-order valence-corrected chi connectivity index (χ0v) is 25.3. The molecule has 9 nitrogen and oxygen atoms in total. The van der Waals surface area contributed by atoms with Crippen molar-refractivity contribution in [2.45, 2.75) is 44.4 Å². The first-order valence-electron chi connectivity index (χ1n) is 13.0. The van der Waals surface area contributed by atoms with E-state index in [1.54, 1.807) is 21.3 Å². The molecule has 0 spiro atoms. The summed E-state index contributed by atoms with van der Waals surface area (Å²) in [7, 11) is 0.258. The van der Waals surface area contributed by atoms with Crippen molar-refractivity contribution in [3.8, 4) is 11.5 Å². The van der Waals surface area contributed by atoms with Crippen LogP contribution in [-0.4, -0.2) is 75.6 Å². The van der Waals surface area contributed by atoms with E-state index in [2.05, 4.69) is 0 Å². The van der Waals surface area contributed by atoms with Crippen molar-refractivity contribution in [2.75, 3.05) is 52.0 Å². The number of ether oxygens (including phenoxy) is 2. The highest BCUT2D eigenvalue weighted by Crippen LogP contribution is 2.40. The van der Waals surface area contributed by atoms with E-state index in [0.29, 0.717) is 48.4 Å². The average Bonchev–Trinajstić information content (AvgIpc) is 3.53. The number of benzene rings is 2. The van der Waals surface area contributed by atoms with Crippen molar-refractivity contribution in [1.29, 1.82) is 0 Å². The van der Waals surface area contributed by atoms with Crippen molar-refractivity contribution >= 4 is 55.0 Å². The van der Waals surface area contributed by atoms with Crippen LogP contribution in [0, 0.1) is 0 Å². The zero-order chi connectivity index (χ0) is 27.3. The van der Waals surface area contributed by atoms with Gasteiger partial charge in [-0.25, -0.2) is 13.4 Å². The number of carbonyl (C=O) groups is 1. The molecule has 39 heavy (non-hydrogen) atoms. The van der Waals surface area contributed by atoms with E-state index in [-0.39, 0.29) is 30.0 Å². The van der Waals surface area contributed by atoms with Crippen molar-refractivity contribution in [2.24, 2.45) is 0 Å². The van der Waals surface area contributed by atoms with Crippen LogP contribution in [0.2, 0.25) is 0 Å². The van der Waals surface area contributed by atoms with Crippen LogP contribution in [0.25, 0.3) is 10.2 Å². The fourth-order valence-electron chi connectivity index (χ4n) is 4.10. The van der Waals surface area contributed by atoms with Crippen molar-refractivity contribution in [3.63, 3.8) is 0 Å². The molecule has 1 aliphatic rings. The van der Waals surface area contributed by atoms with Crippen LogP contribution in [-0.2, 0) is 10.0 Å². The normalized spacial score (nSPS) is 12.8. The van der Waals surface area contributed by atoms with E-state index in [1.165, 1.54) is 23.5 Å². The molecule has 4 rings (SSSR count). The number of nitrogens with zero attached hydrogens (tertiary/aromatic N) is 4. The Kier molecular flexibility index (Phi) is 11.0. The molecule has 214 valence electrons. The second kappa shape index (κ2) is 13.8. The first-order valence-corrected chi connectivity index (χ1v) is 15.3. The molecule has 1 amide bonds. The van der Waals surface area contributed by atoms with Crippen LogP contribution in [0.4, 0.5) is 5.13 Å². The number of rotatable bonds is 13. The Morgan fingerprint density at radius 1 is 0.949 bits per heavy atom. The quantitative estimate of drug-likeness (QED) is 0.266. The molecule has 0 radical (unpaired) electrons. The number of hydrogen-bond donors (Lipinski definition) is 0. The van der Waals surface area contributed by atoms with Gasteiger partial charge in [-0.15, -0.1) is 12.4 Å². The van der Waals surface area contributed by atoms with Gasteiger partial charge in [-0.05, 0) is 51.2 Å². The minimum Gasteiger partial charge on any atom is -0.454 e. The number of likely N-dealkylation sites (N-methyl/N-ethyl adjacent to an activating group) is 1. The molecule has 0 unspecified atom stereocenters. The SMILES string of the molecule is CCCCN(CCCC)S(=O)(=O)c1ccc(C(=O)N(CCN(C)C)c2nc3cc4c(cc3s2)OCO4)cc1.Cl. The highest BCUT2D eigenvalue weighted by atomic mass is 35.5. The second-order valence-electron chi connectivity index (χ2n) is 9.57. The van der Waals surface area contributed by atoms with E-state index in [1.807, 2.05) is 45.0 Å². The van der Waals surface area contributed by atoms with E-state index in [0.717, 1.165) is 35.9 Å². The average molecular weight is 597 g/mol. The number of carbonyl (C=O) groups excluding carboxylic acids is 1. The third-order valence-corrected chi connectivity index (χ3v) is 9.33. The Balaban J connectivity index is 0.00000420. The summed E-state index contributed by atoms with van der Waals surface area (Å²) in [5, 5.41) is 0.567. The topological polar surface area (TPSA) is 92.3 Å². The Morgan fingerprint density at radius 3 is 2.15 bits per heavy atom. The molecule has 3 aromatic rings. The molecule has 0 saturated heterocycles. The molecule has 1 aromatic heterocycles. The zero-order valence-electron chi connectivity index (χ0n) is 22.9. The van der Waals surface area contributed by atoms with Crippen molar-refractivity contribution in [1.82, 2.24) is 14.2 Å². The maximum atomic E-state index is 13.7. The Hall–Kier alpha value is -2.44. The molecule has 0 saturated carbocycles. The summed E-state index contributed by atoms with van der Waals surface area (Å²) in [6.07, 6.45) is 3.46. The smallest absolute Gasteiger partial charge is 0.260 e. The van der Waals surface area contributed by atoms with Gasteiger partial charge in [0, 0.05) is 43.9 Å². The van der Waals surface area contributed by atoms with Gasteiger partial charge in [0.15, 0.2) is 16.6 Å². The summed E-state index contributed by atoms with van der Waals surface area (Å²) in [5.74, 6) is 1.08. The lowest BCUT2D eigenvalue weighted by molar-refractivity contribution is 0.0985. The fourth-order valence-corrected chi connectivity index (χ4v) is 6.62. The maximum Gasteiger partial charge on any atom is 0.260 e. The molecular weight excluding hydrogens is 560 g/mol. The molecule has 0 atom stereocenters. The van der Waals surface area contributed by atoms with Crippen LogP contribution in [0.5, 0.6) is 11.5 Å². The fraction of sp³-hybridized carbons (Fsp3) is 0.481. The van der Waals surface area contributed by atoms with E-state index in [9.17, 15) is 13.2 Å². The highest BCUT2D eigenvalue weighted by Gasteiger charge is 2.26. The van der Waals surface area contributed by atoms with E-state index < -0.39 is 10.0 Å². The number of halogens is 1. The summed E-state index contributed by atoms with van der Waals surface area (Å²) in [6.45, 7) is 6.35. The molecule has 0 N–H and O–H groups in total. The summed E-state index contributed by atoms with van der Waals surface area (Å²) in [6, 6.07) is 9.98. The van der Waals surface area contributed by atoms with Gasteiger partial charge in [-0.1, -0.05) is 38.0 Å². The molecule has 0 fully saturated rings. The van der Waals surface area contributed by atoms with Crippen LogP contribution >= 0.6 is 23.7 Å². The largest absolute Gasteiger partial charge is 0.454 e. The summed E-state index contributed by atoms with van der Waals surface area (Å²) in [4.78, 5) is 22.3. The summed E-state index contributed by atoms with van der Waals surface area (Å²) >= 11 is 1.41. The van der Waals surface area contributed by atoms with Crippen LogP contribution in [0.1, 0.15) is 49.9 Å². The molecule has 1 aliphatic heterocycles. The van der Waals surface area contributed by atoms with Gasteiger partial charge >= 0.3 is 0 Å². The number of anilines is 1. The third kappa shape index (κ3) is 7.20. The van der Waals surface area contributed by atoms with Crippen LogP contribution in [0.3, 0.4) is 0 Å². The number of thiazole rings is 1. The second-order valence-corrected chi connectivity index (χ2v) is 12.5. The number of aromatic nitrogens is 1. The molecule has 2 aromatic carbocycles. The number of amides is 1. The first kappa shape index (κ1) is 31.1. The van der Waals surface area contributed by atoms with Crippen LogP contribution in [0.15, 0.2) is 41.3 Å². The van der Waals surface area contributed by atoms with Gasteiger partial charge < -0.3 is 14.4 Å². The molecular formula is C27H37ClN4O5S2. The molecule has 12 heteroatoms. The van der Waals surface area contributed by atoms with Gasteiger partial charge in [-0.2, -0.15) is 4.31 Å². The minimum absolute atomic E-state index is 0. The number of unbranched alkanes of at least 4 members (excludes halogenated alkanes) is 2. The molecule has 0 bridgehead atoms. The van der Waals surface area contributed by atoms with Crippen molar-refractivity contribution < 1.29 is 22.7 Å². The Labute approximate surface area is 241 Å². The number of hydrogen-bond acceptors (Lipinski definition) is 8. The predicted octanol–water partition coefficient (Wildman–Crippen LogP) is 5.25. The monoisotopic (exact) mass is 596 g/mol. The van der Waals surface area contributed by atoms with Crippen molar-refractivity contribution in [3.05, 3.63) is 42.0 Å². The number of fused-ring (bicyclic) bond motifs is 2. The Bertz CT molecular complexity index is 1310. The van der Waals surface area contributed by atoms with Gasteiger partial charge in [-0.3, -0.25) is 9.69 Å². The van der Waals surface area contributed by atoms with E-state index >= 15 is 0 Å². The first-order chi connectivity index (χ1) is 18.2. The minimum atomic E-state index is -3.64. The van der Waals surface area contributed by atoms with Gasteiger partial charge in [0.25, 0.3) is 5.91 Å².